The molecule has 4 heteroatoms. The first-order valence-corrected chi connectivity index (χ1v) is 7.83. The SMILES string of the molecule is c1ncn(CC2CCCCS2)c1C1CCCN1. The molecule has 3 nitrogen and oxygen atoms in total. The van der Waals surface area contributed by atoms with Gasteiger partial charge in [-0.25, -0.2) is 4.98 Å². The van der Waals surface area contributed by atoms with E-state index in [2.05, 4.69) is 32.8 Å². The van der Waals surface area contributed by atoms with Gasteiger partial charge < -0.3 is 9.88 Å². The third-order valence-electron chi connectivity index (χ3n) is 3.84. The maximum atomic E-state index is 4.35. The molecular formula is C13H21N3S. The van der Waals surface area contributed by atoms with Gasteiger partial charge in [0.25, 0.3) is 0 Å². The van der Waals surface area contributed by atoms with Crippen LogP contribution < -0.4 is 5.32 Å². The Labute approximate surface area is 107 Å². The average Bonchev–Trinajstić information content (AvgIpc) is 3.00. The summed E-state index contributed by atoms with van der Waals surface area (Å²) in [6, 6.07) is 0.547. The number of hydrogen-bond donors (Lipinski definition) is 1. The van der Waals surface area contributed by atoms with E-state index >= 15 is 0 Å². The summed E-state index contributed by atoms with van der Waals surface area (Å²) in [6.45, 7) is 2.31. The highest BCUT2D eigenvalue weighted by Crippen LogP contribution is 2.28. The lowest BCUT2D eigenvalue weighted by Gasteiger charge is -2.23. The molecule has 2 fully saturated rings. The summed E-state index contributed by atoms with van der Waals surface area (Å²) in [5, 5.41) is 4.37. The van der Waals surface area contributed by atoms with Crippen molar-refractivity contribution in [1.29, 1.82) is 0 Å². The summed E-state index contributed by atoms with van der Waals surface area (Å²) < 4.78 is 2.38. The molecule has 0 saturated carbocycles. The molecule has 3 heterocycles. The third kappa shape index (κ3) is 2.68. The minimum atomic E-state index is 0.547. The zero-order valence-electron chi connectivity index (χ0n) is 10.3. The van der Waals surface area contributed by atoms with Gasteiger partial charge in [-0.3, -0.25) is 0 Å². The largest absolute Gasteiger partial charge is 0.332 e. The average molecular weight is 251 g/mol. The second-order valence-corrected chi connectivity index (χ2v) is 6.52. The second kappa shape index (κ2) is 5.44. The lowest BCUT2D eigenvalue weighted by atomic mass is 10.1. The van der Waals surface area contributed by atoms with Gasteiger partial charge in [-0.2, -0.15) is 11.8 Å². The van der Waals surface area contributed by atoms with Crippen molar-refractivity contribution in [1.82, 2.24) is 14.9 Å². The van der Waals surface area contributed by atoms with Gasteiger partial charge in [0.15, 0.2) is 0 Å². The van der Waals surface area contributed by atoms with E-state index in [0.717, 1.165) is 18.3 Å². The van der Waals surface area contributed by atoms with Gasteiger partial charge in [-0.15, -0.1) is 0 Å². The Bertz CT molecular complexity index is 351. The van der Waals surface area contributed by atoms with E-state index in [1.807, 2.05) is 6.33 Å². The Balaban J connectivity index is 1.67. The molecule has 94 valence electrons. The highest BCUT2D eigenvalue weighted by Gasteiger charge is 2.21. The van der Waals surface area contributed by atoms with E-state index in [0.29, 0.717) is 6.04 Å². The molecule has 17 heavy (non-hydrogen) atoms. The minimum Gasteiger partial charge on any atom is -0.332 e. The van der Waals surface area contributed by atoms with E-state index in [-0.39, 0.29) is 0 Å². The molecule has 0 spiro atoms. The monoisotopic (exact) mass is 251 g/mol. The second-order valence-electron chi connectivity index (χ2n) is 5.11. The summed E-state index contributed by atoms with van der Waals surface area (Å²) in [5.74, 6) is 1.34. The Morgan fingerprint density at radius 1 is 1.35 bits per heavy atom. The number of nitrogens with one attached hydrogen (secondary N) is 1. The summed E-state index contributed by atoms with van der Waals surface area (Å²) in [5.41, 5.74) is 1.40. The van der Waals surface area contributed by atoms with E-state index in [1.165, 1.54) is 43.6 Å². The van der Waals surface area contributed by atoms with E-state index < -0.39 is 0 Å². The number of imidazole rings is 1. The van der Waals surface area contributed by atoms with Gasteiger partial charge in [0.1, 0.15) is 0 Å². The van der Waals surface area contributed by atoms with Crippen LogP contribution in [0.5, 0.6) is 0 Å². The first-order chi connectivity index (χ1) is 8.43. The van der Waals surface area contributed by atoms with E-state index in [9.17, 15) is 0 Å². The molecule has 1 aromatic rings. The molecule has 0 radical (unpaired) electrons. The van der Waals surface area contributed by atoms with Gasteiger partial charge in [0, 0.05) is 24.0 Å². The molecule has 0 aliphatic carbocycles. The van der Waals surface area contributed by atoms with E-state index in [4.69, 9.17) is 0 Å². The Morgan fingerprint density at radius 2 is 2.35 bits per heavy atom. The van der Waals surface area contributed by atoms with Crippen molar-refractivity contribution in [3.63, 3.8) is 0 Å². The summed E-state index contributed by atoms with van der Waals surface area (Å²) in [4.78, 5) is 4.35. The third-order valence-corrected chi connectivity index (χ3v) is 5.22. The van der Waals surface area contributed by atoms with Crippen LogP contribution in [0.4, 0.5) is 0 Å². The van der Waals surface area contributed by atoms with Gasteiger partial charge in [0.2, 0.25) is 0 Å². The van der Waals surface area contributed by atoms with Gasteiger partial charge in [-0.05, 0) is 38.0 Å². The predicted octanol–water partition coefficient (Wildman–Crippen LogP) is 2.59. The fraction of sp³-hybridized carbons (Fsp3) is 0.769. The zero-order chi connectivity index (χ0) is 11.5. The standard InChI is InChI=1S/C13H21N3S/c1-2-7-17-11(4-1)9-16-10-14-8-13(16)12-5-3-6-15-12/h8,10-12,15H,1-7,9H2. The highest BCUT2D eigenvalue weighted by atomic mass is 32.2. The zero-order valence-corrected chi connectivity index (χ0v) is 11.1. The minimum absolute atomic E-state index is 0.547. The Hall–Kier alpha value is -0.480. The summed E-state index contributed by atoms with van der Waals surface area (Å²) in [6.07, 6.45) is 10.8. The lowest BCUT2D eigenvalue weighted by molar-refractivity contribution is 0.531. The molecule has 2 saturated heterocycles. The molecule has 2 atom stereocenters. The molecular weight excluding hydrogens is 230 g/mol. The van der Waals surface area contributed by atoms with Crippen molar-refractivity contribution in [2.45, 2.75) is 49.9 Å². The van der Waals surface area contributed by atoms with Crippen LogP contribution in [0.3, 0.4) is 0 Å². The maximum absolute atomic E-state index is 4.35. The predicted molar refractivity (Wildman–Crippen MR) is 72.3 cm³/mol. The topological polar surface area (TPSA) is 29.9 Å². The van der Waals surface area contributed by atoms with Crippen LogP contribution in [0.2, 0.25) is 0 Å². The van der Waals surface area contributed by atoms with E-state index in [1.54, 1.807) is 0 Å². The fourth-order valence-electron chi connectivity index (χ4n) is 2.88. The van der Waals surface area contributed by atoms with Crippen LogP contribution >= 0.6 is 11.8 Å². The normalized spacial score (nSPS) is 29.6. The molecule has 1 N–H and O–H groups in total. The molecule has 2 aliphatic heterocycles. The number of rotatable bonds is 3. The number of aromatic nitrogens is 2. The number of nitrogens with zero attached hydrogens (tertiary/aromatic N) is 2. The number of thioether (sulfide) groups is 1. The maximum Gasteiger partial charge on any atom is 0.0949 e. The summed E-state index contributed by atoms with van der Waals surface area (Å²) in [7, 11) is 0. The lowest BCUT2D eigenvalue weighted by Crippen LogP contribution is -2.21. The molecule has 0 aromatic carbocycles. The molecule has 2 unspecified atom stereocenters. The van der Waals surface area contributed by atoms with Gasteiger partial charge >= 0.3 is 0 Å². The molecule has 2 aliphatic rings. The van der Waals surface area contributed by atoms with Gasteiger partial charge in [0.05, 0.1) is 12.0 Å². The van der Waals surface area contributed by atoms with Crippen molar-refractivity contribution >= 4 is 11.8 Å². The molecule has 0 amide bonds. The van der Waals surface area contributed by atoms with Crippen molar-refractivity contribution in [3.8, 4) is 0 Å². The van der Waals surface area contributed by atoms with Crippen LogP contribution in [0.25, 0.3) is 0 Å². The smallest absolute Gasteiger partial charge is 0.0949 e. The Morgan fingerprint density at radius 3 is 3.12 bits per heavy atom. The quantitative estimate of drug-likeness (QED) is 0.895. The fourth-order valence-corrected chi connectivity index (χ4v) is 4.18. The van der Waals surface area contributed by atoms with Crippen LogP contribution in [0.15, 0.2) is 12.5 Å². The molecule has 3 rings (SSSR count). The van der Waals surface area contributed by atoms with Crippen LogP contribution in [0, 0.1) is 0 Å². The first-order valence-electron chi connectivity index (χ1n) is 6.78. The molecule has 0 bridgehead atoms. The van der Waals surface area contributed by atoms with Gasteiger partial charge in [-0.1, -0.05) is 6.42 Å². The van der Waals surface area contributed by atoms with Crippen molar-refractivity contribution < 1.29 is 0 Å². The van der Waals surface area contributed by atoms with Crippen LogP contribution in [-0.2, 0) is 6.54 Å². The van der Waals surface area contributed by atoms with Crippen molar-refractivity contribution in [2.75, 3.05) is 12.3 Å². The van der Waals surface area contributed by atoms with Crippen molar-refractivity contribution in [2.24, 2.45) is 0 Å². The van der Waals surface area contributed by atoms with Crippen LogP contribution in [0.1, 0.15) is 43.8 Å². The number of hydrogen-bond acceptors (Lipinski definition) is 3. The summed E-state index contributed by atoms with van der Waals surface area (Å²) >= 11 is 2.14. The first kappa shape index (κ1) is 11.6. The van der Waals surface area contributed by atoms with Crippen molar-refractivity contribution in [3.05, 3.63) is 18.2 Å². The van der Waals surface area contributed by atoms with Crippen LogP contribution in [-0.4, -0.2) is 27.1 Å². The Kier molecular flexibility index (Phi) is 3.71. The highest BCUT2D eigenvalue weighted by molar-refractivity contribution is 7.99. The molecule has 1 aromatic heterocycles.